The van der Waals surface area contributed by atoms with Gasteiger partial charge in [0.15, 0.2) is 0 Å². The van der Waals surface area contributed by atoms with Gasteiger partial charge in [0.05, 0.1) is 11.9 Å². The average molecular weight is 270 g/mol. The first-order valence-corrected chi connectivity index (χ1v) is 4.73. The van der Waals surface area contributed by atoms with Gasteiger partial charge >= 0.3 is 0 Å². The number of fused-ring (bicyclic) bond motifs is 1. The second-order valence-electron chi connectivity index (χ2n) is 2.66. The molecule has 0 bridgehead atoms. The second kappa shape index (κ2) is 2.97. The molecule has 0 atom stereocenters. The SMILES string of the molecule is Cc1nncc2ccc(I)cc12. The Morgan fingerprint density at radius 3 is 3.00 bits per heavy atom. The van der Waals surface area contributed by atoms with Gasteiger partial charge in [0, 0.05) is 14.3 Å². The van der Waals surface area contributed by atoms with E-state index in [9.17, 15) is 0 Å². The fraction of sp³-hybridized carbons (Fsp3) is 0.111. The van der Waals surface area contributed by atoms with Crippen molar-refractivity contribution in [2.75, 3.05) is 0 Å². The van der Waals surface area contributed by atoms with E-state index in [1.807, 2.05) is 6.92 Å². The van der Waals surface area contributed by atoms with Crippen molar-refractivity contribution in [3.05, 3.63) is 33.7 Å². The smallest absolute Gasteiger partial charge is 0.0678 e. The van der Waals surface area contributed by atoms with Crippen molar-refractivity contribution >= 4 is 33.4 Å². The van der Waals surface area contributed by atoms with Crippen LogP contribution in [-0.4, -0.2) is 10.2 Å². The lowest BCUT2D eigenvalue weighted by Crippen LogP contribution is -1.87. The van der Waals surface area contributed by atoms with Gasteiger partial charge in [0.1, 0.15) is 0 Å². The molecular weight excluding hydrogens is 263 g/mol. The summed E-state index contributed by atoms with van der Waals surface area (Å²) in [6, 6.07) is 6.27. The van der Waals surface area contributed by atoms with Crippen LogP contribution in [0.3, 0.4) is 0 Å². The van der Waals surface area contributed by atoms with Crippen molar-refractivity contribution in [1.29, 1.82) is 0 Å². The van der Waals surface area contributed by atoms with Gasteiger partial charge in [-0.15, -0.1) is 0 Å². The highest BCUT2D eigenvalue weighted by atomic mass is 127. The third kappa shape index (κ3) is 1.29. The van der Waals surface area contributed by atoms with Crippen LogP contribution in [0.2, 0.25) is 0 Å². The number of aromatic nitrogens is 2. The van der Waals surface area contributed by atoms with Crippen LogP contribution in [0.5, 0.6) is 0 Å². The zero-order valence-corrected chi connectivity index (χ0v) is 8.74. The van der Waals surface area contributed by atoms with Crippen molar-refractivity contribution in [2.45, 2.75) is 6.92 Å². The van der Waals surface area contributed by atoms with Crippen molar-refractivity contribution in [3.63, 3.8) is 0 Å². The summed E-state index contributed by atoms with van der Waals surface area (Å²) in [7, 11) is 0. The van der Waals surface area contributed by atoms with Crippen molar-refractivity contribution in [1.82, 2.24) is 10.2 Å². The molecule has 60 valence electrons. The molecule has 0 saturated carbocycles. The molecule has 0 N–H and O–H groups in total. The maximum Gasteiger partial charge on any atom is 0.0678 e. The van der Waals surface area contributed by atoms with Crippen LogP contribution in [0.1, 0.15) is 5.69 Å². The fourth-order valence-corrected chi connectivity index (χ4v) is 1.68. The van der Waals surface area contributed by atoms with E-state index in [4.69, 9.17) is 0 Å². The molecule has 1 heterocycles. The summed E-state index contributed by atoms with van der Waals surface area (Å²) in [5.41, 5.74) is 0.992. The molecule has 0 aliphatic heterocycles. The lowest BCUT2D eigenvalue weighted by molar-refractivity contribution is 1.00. The molecule has 2 rings (SSSR count). The van der Waals surface area contributed by atoms with Crippen LogP contribution in [0, 0.1) is 10.5 Å². The largest absolute Gasteiger partial charge is 0.158 e. The van der Waals surface area contributed by atoms with E-state index in [-0.39, 0.29) is 0 Å². The highest BCUT2D eigenvalue weighted by molar-refractivity contribution is 14.1. The minimum atomic E-state index is 0.992. The molecule has 0 unspecified atom stereocenters. The Bertz CT molecular complexity index is 426. The highest BCUT2D eigenvalue weighted by Crippen LogP contribution is 2.17. The first-order chi connectivity index (χ1) is 5.77. The van der Waals surface area contributed by atoms with Crippen LogP contribution in [-0.2, 0) is 0 Å². The first-order valence-electron chi connectivity index (χ1n) is 3.65. The van der Waals surface area contributed by atoms with Crippen molar-refractivity contribution in [2.24, 2.45) is 0 Å². The second-order valence-corrected chi connectivity index (χ2v) is 3.91. The van der Waals surface area contributed by atoms with E-state index < -0.39 is 0 Å². The molecule has 3 heteroatoms. The molecule has 0 radical (unpaired) electrons. The Balaban J connectivity index is 2.88. The Morgan fingerprint density at radius 1 is 1.33 bits per heavy atom. The molecule has 0 aliphatic carbocycles. The predicted molar refractivity (Wildman–Crippen MR) is 57.0 cm³/mol. The zero-order chi connectivity index (χ0) is 8.55. The van der Waals surface area contributed by atoms with Gasteiger partial charge in [-0.25, -0.2) is 0 Å². The molecule has 0 amide bonds. The molecular formula is C9H7IN2. The van der Waals surface area contributed by atoms with Gasteiger partial charge in [0.25, 0.3) is 0 Å². The minimum Gasteiger partial charge on any atom is -0.158 e. The molecule has 0 aliphatic rings. The minimum absolute atomic E-state index is 0.992. The molecule has 1 aromatic carbocycles. The number of aryl methyl sites for hydroxylation is 1. The zero-order valence-electron chi connectivity index (χ0n) is 6.58. The summed E-state index contributed by atoms with van der Waals surface area (Å²) in [5.74, 6) is 0. The Hall–Kier alpha value is -0.710. The monoisotopic (exact) mass is 270 g/mol. The lowest BCUT2D eigenvalue weighted by Gasteiger charge is -1.99. The topological polar surface area (TPSA) is 25.8 Å². The third-order valence-electron chi connectivity index (χ3n) is 1.81. The normalized spacial score (nSPS) is 10.5. The van der Waals surface area contributed by atoms with Crippen molar-refractivity contribution < 1.29 is 0 Å². The number of benzene rings is 1. The Kier molecular flexibility index (Phi) is 1.96. The molecule has 12 heavy (non-hydrogen) atoms. The maximum absolute atomic E-state index is 4.00. The summed E-state index contributed by atoms with van der Waals surface area (Å²) in [5, 5.41) is 10.2. The number of hydrogen-bond acceptors (Lipinski definition) is 2. The van der Waals surface area contributed by atoms with E-state index in [0.717, 1.165) is 11.1 Å². The summed E-state index contributed by atoms with van der Waals surface area (Å²) >= 11 is 2.30. The van der Waals surface area contributed by atoms with Gasteiger partial charge in [-0.3, -0.25) is 0 Å². The average Bonchev–Trinajstić information content (AvgIpc) is 2.07. The van der Waals surface area contributed by atoms with Crippen LogP contribution in [0.15, 0.2) is 24.4 Å². The van der Waals surface area contributed by atoms with Gasteiger partial charge in [0.2, 0.25) is 0 Å². The molecule has 0 fully saturated rings. The number of rotatable bonds is 0. The summed E-state index contributed by atoms with van der Waals surface area (Å²) in [6.07, 6.45) is 1.79. The van der Waals surface area contributed by atoms with Gasteiger partial charge in [-0.1, -0.05) is 6.07 Å². The number of nitrogens with zero attached hydrogens (tertiary/aromatic N) is 2. The summed E-state index contributed by atoms with van der Waals surface area (Å²) in [6.45, 7) is 1.98. The molecule has 2 aromatic rings. The molecule has 0 saturated heterocycles. The van der Waals surface area contributed by atoms with Gasteiger partial charge in [-0.2, -0.15) is 10.2 Å². The Morgan fingerprint density at radius 2 is 2.17 bits per heavy atom. The standard InChI is InChI=1S/C9H7IN2/c1-6-9-4-8(10)3-2-7(9)5-11-12-6/h2-5H,1H3. The van der Waals surface area contributed by atoms with E-state index >= 15 is 0 Å². The van der Waals surface area contributed by atoms with Crippen molar-refractivity contribution in [3.8, 4) is 0 Å². The third-order valence-corrected chi connectivity index (χ3v) is 2.48. The fourth-order valence-electron chi connectivity index (χ4n) is 1.19. The van der Waals surface area contributed by atoms with Gasteiger partial charge in [-0.05, 0) is 41.6 Å². The van der Waals surface area contributed by atoms with E-state index in [1.165, 1.54) is 8.96 Å². The van der Waals surface area contributed by atoms with Crippen LogP contribution < -0.4 is 0 Å². The molecule has 1 aromatic heterocycles. The first kappa shape index (κ1) is 7.91. The number of halogens is 1. The lowest BCUT2D eigenvalue weighted by atomic mass is 10.1. The van der Waals surface area contributed by atoms with Crippen LogP contribution in [0.4, 0.5) is 0 Å². The molecule has 2 nitrogen and oxygen atoms in total. The van der Waals surface area contributed by atoms with E-state index in [1.54, 1.807) is 6.20 Å². The van der Waals surface area contributed by atoms with E-state index in [0.29, 0.717) is 0 Å². The Labute approximate surface area is 84.1 Å². The number of hydrogen-bond donors (Lipinski definition) is 0. The summed E-state index contributed by atoms with van der Waals surface area (Å²) in [4.78, 5) is 0. The van der Waals surface area contributed by atoms with E-state index in [2.05, 4.69) is 51.0 Å². The summed E-state index contributed by atoms with van der Waals surface area (Å²) < 4.78 is 1.23. The van der Waals surface area contributed by atoms with Crippen LogP contribution >= 0.6 is 22.6 Å². The van der Waals surface area contributed by atoms with Crippen LogP contribution in [0.25, 0.3) is 10.8 Å². The molecule has 0 spiro atoms. The maximum atomic E-state index is 4.00. The predicted octanol–water partition coefficient (Wildman–Crippen LogP) is 2.54. The highest BCUT2D eigenvalue weighted by Gasteiger charge is 1.98. The van der Waals surface area contributed by atoms with Gasteiger partial charge < -0.3 is 0 Å². The quantitative estimate of drug-likeness (QED) is 0.687.